The molecule has 148 valence electrons. The van der Waals surface area contributed by atoms with Crippen molar-refractivity contribution in [2.75, 3.05) is 0 Å². The summed E-state index contributed by atoms with van der Waals surface area (Å²) in [5.41, 5.74) is 7.79. The first kappa shape index (κ1) is 19.8. The van der Waals surface area contributed by atoms with E-state index in [0.29, 0.717) is 6.54 Å². The van der Waals surface area contributed by atoms with Crippen molar-refractivity contribution in [3.8, 4) is 10.4 Å². The summed E-state index contributed by atoms with van der Waals surface area (Å²) in [6.45, 7) is 8.83. The average Bonchev–Trinajstić information content (AvgIpc) is 3.36. The summed E-state index contributed by atoms with van der Waals surface area (Å²) in [5, 5.41) is 4.86. The Morgan fingerprint density at radius 3 is 2.41 bits per heavy atom. The van der Waals surface area contributed by atoms with Gasteiger partial charge < -0.3 is 4.52 Å². The zero-order valence-electron chi connectivity index (χ0n) is 16.9. The molecule has 0 saturated carbocycles. The number of rotatable bonds is 1. The van der Waals surface area contributed by atoms with E-state index in [9.17, 15) is 0 Å². The highest BCUT2D eigenvalue weighted by molar-refractivity contribution is 7.16. The highest BCUT2D eigenvalue weighted by Crippen LogP contribution is 2.42. The Balaban J connectivity index is 0.000000294. The number of allylic oxidation sites excluding steroid dienone is 1. The molecule has 0 saturated heterocycles. The maximum absolute atomic E-state index is 6.03. The second-order valence-corrected chi connectivity index (χ2v) is 8.84. The number of halogens is 1. The molecule has 0 unspecified atom stereocenters. The molecule has 0 atom stereocenters. The normalized spacial score (nSPS) is 14.4. The van der Waals surface area contributed by atoms with Crippen LogP contribution in [0.5, 0.6) is 0 Å². The zero-order valence-corrected chi connectivity index (χ0v) is 18.5. The Morgan fingerprint density at radius 2 is 1.79 bits per heavy atom. The molecule has 1 aromatic carbocycles. The number of fused-ring (bicyclic) bond motifs is 3. The lowest BCUT2D eigenvalue weighted by molar-refractivity contribution is 0.382. The van der Waals surface area contributed by atoms with E-state index in [4.69, 9.17) is 21.1 Å². The van der Waals surface area contributed by atoms with Crippen LogP contribution in [0.3, 0.4) is 0 Å². The van der Waals surface area contributed by atoms with Gasteiger partial charge in [0.25, 0.3) is 0 Å². The van der Waals surface area contributed by atoms with Crippen molar-refractivity contribution in [3.63, 3.8) is 0 Å². The molecule has 0 spiro atoms. The van der Waals surface area contributed by atoms with E-state index in [1.54, 1.807) is 11.3 Å². The van der Waals surface area contributed by atoms with E-state index in [0.717, 1.165) is 39.7 Å². The molecule has 0 radical (unpaired) electrons. The van der Waals surface area contributed by atoms with Crippen LogP contribution in [0.15, 0.2) is 51.0 Å². The highest BCUT2D eigenvalue weighted by atomic mass is 35.5. The lowest BCUT2D eigenvalue weighted by Crippen LogP contribution is -2.05. The minimum atomic E-state index is 0.508. The quantitative estimate of drug-likeness (QED) is 0.437. The summed E-state index contributed by atoms with van der Waals surface area (Å²) in [5.74, 6) is 0.842. The lowest BCUT2D eigenvalue weighted by atomic mass is 9.96. The first-order chi connectivity index (χ1) is 14.0. The monoisotopic (exact) mass is 423 g/mol. The molecule has 6 heteroatoms. The Hall–Kier alpha value is -2.50. The van der Waals surface area contributed by atoms with Crippen molar-refractivity contribution in [2.45, 2.75) is 40.7 Å². The molecular formula is C23H22ClN3OS. The number of aliphatic imine (C=N–C) groups is 2. The minimum Gasteiger partial charge on any atom is -0.358 e. The molecule has 2 aliphatic heterocycles. The largest absolute Gasteiger partial charge is 0.358 e. The summed E-state index contributed by atoms with van der Waals surface area (Å²) in [7, 11) is 0. The van der Waals surface area contributed by atoms with Crippen LogP contribution in [-0.4, -0.2) is 16.6 Å². The average molecular weight is 424 g/mol. The lowest BCUT2D eigenvalue weighted by Gasteiger charge is -2.08. The molecule has 0 bridgehead atoms. The number of hydrogen-bond donors (Lipinski definition) is 0. The van der Waals surface area contributed by atoms with E-state index < -0.39 is 0 Å². The standard InChI is InChI=1S/C18H15ClN2OS.C5H7N/c1-9-11(3)23-18-15(9)17(12-4-6-13(19)7-5-12)20-8-14-16(18)10(2)21-22-14;1-5-3-2-4-6-5/h4-7H,8H2,1-3H3;2,4H,3H2,1H3. The zero-order chi connectivity index (χ0) is 20.5. The number of thiophene rings is 1. The molecular weight excluding hydrogens is 402 g/mol. The van der Waals surface area contributed by atoms with Gasteiger partial charge in [0.2, 0.25) is 0 Å². The summed E-state index contributed by atoms with van der Waals surface area (Å²) < 4.78 is 5.50. The molecule has 0 amide bonds. The molecule has 4 heterocycles. The molecule has 4 nitrogen and oxygen atoms in total. The first-order valence-electron chi connectivity index (χ1n) is 9.50. The van der Waals surface area contributed by atoms with Gasteiger partial charge in [-0.1, -0.05) is 35.0 Å². The first-order valence-corrected chi connectivity index (χ1v) is 10.7. The van der Waals surface area contributed by atoms with E-state index >= 15 is 0 Å². The van der Waals surface area contributed by atoms with Crippen LogP contribution in [0.25, 0.3) is 10.4 Å². The van der Waals surface area contributed by atoms with Crippen LogP contribution in [0.4, 0.5) is 0 Å². The SMILES string of the molecule is CC1=NC=CC1.Cc1noc2c1-c1sc(C)c(C)c1C(c1ccc(Cl)cc1)=NC2. The van der Waals surface area contributed by atoms with Crippen LogP contribution < -0.4 is 0 Å². The third-order valence-corrected chi connectivity index (χ3v) is 6.57. The number of nitrogens with zero attached hydrogens (tertiary/aromatic N) is 3. The Bertz CT molecular complexity index is 1150. The van der Waals surface area contributed by atoms with Gasteiger partial charge in [-0.15, -0.1) is 11.3 Å². The van der Waals surface area contributed by atoms with Gasteiger partial charge >= 0.3 is 0 Å². The molecule has 0 fully saturated rings. The van der Waals surface area contributed by atoms with Crippen molar-refractivity contribution in [2.24, 2.45) is 9.98 Å². The fourth-order valence-electron chi connectivity index (χ4n) is 3.43. The van der Waals surface area contributed by atoms with Crippen LogP contribution >= 0.6 is 22.9 Å². The predicted octanol–water partition coefficient (Wildman–Crippen LogP) is 6.70. The van der Waals surface area contributed by atoms with Crippen LogP contribution in [-0.2, 0) is 6.54 Å². The van der Waals surface area contributed by atoms with Crippen molar-refractivity contribution < 1.29 is 4.52 Å². The van der Waals surface area contributed by atoms with Gasteiger partial charge in [0.15, 0.2) is 5.76 Å². The van der Waals surface area contributed by atoms with E-state index in [1.165, 1.54) is 26.6 Å². The number of aryl methyl sites for hydroxylation is 2. The molecule has 0 N–H and O–H groups in total. The molecule has 5 rings (SSSR count). The highest BCUT2D eigenvalue weighted by Gasteiger charge is 2.28. The Labute approximate surface area is 179 Å². The molecule has 3 aromatic rings. The van der Waals surface area contributed by atoms with Gasteiger partial charge in [-0.2, -0.15) is 0 Å². The van der Waals surface area contributed by atoms with E-state index in [2.05, 4.69) is 30.1 Å². The number of benzene rings is 1. The van der Waals surface area contributed by atoms with Crippen LogP contribution in [0.2, 0.25) is 5.02 Å². The third-order valence-electron chi connectivity index (χ3n) is 5.09. The molecule has 29 heavy (non-hydrogen) atoms. The molecule has 0 aliphatic carbocycles. The molecule has 2 aromatic heterocycles. The smallest absolute Gasteiger partial charge is 0.167 e. The predicted molar refractivity (Wildman–Crippen MR) is 122 cm³/mol. The van der Waals surface area contributed by atoms with Crippen molar-refractivity contribution >= 4 is 34.4 Å². The minimum absolute atomic E-state index is 0.508. The number of aromatic nitrogens is 1. The second-order valence-electron chi connectivity index (χ2n) is 7.18. The second kappa shape index (κ2) is 8.09. The van der Waals surface area contributed by atoms with E-state index in [1.807, 2.05) is 44.3 Å². The van der Waals surface area contributed by atoms with Crippen LogP contribution in [0, 0.1) is 20.8 Å². The van der Waals surface area contributed by atoms with Gasteiger partial charge in [-0.25, -0.2) is 0 Å². The maximum atomic E-state index is 6.03. The maximum Gasteiger partial charge on any atom is 0.167 e. The van der Waals surface area contributed by atoms with Crippen molar-refractivity contribution in [1.82, 2.24) is 5.16 Å². The third kappa shape index (κ3) is 3.85. The van der Waals surface area contributed by atoms with Gasteiger partial charge in [-0.3, -0.25) is 9.98 Å². The Morgan fingerprint density at radius 1 is 1.03 bits per heavy atom. The van der Waals surface area contributed by atoms with Gasteiger partial charge in [0.05, 0.1) is 17.0 Å². The topological polar surface area (TPSA) is 50.8 Å². The summed E-state index contributed by atoms with van der Waals surface area (Å²) in [4.78, 5) is 11.3. The van der Waals surface area contributed by atoms with Crippen molar-refractivity contribution in [3.05, 3.63) is 74.6 Å². The Kier molecular flexibility index (Phi) is 5.52. The van der Waals surface area contributed by atoms with Gasteiger partial charge in [0, 0.05) is 44.2 Å². The summed E-state index contributed by atoms with van der Waals surface area (Å²) in [6, 6.07) is 7.86. The van der Waals surface area contributed by atoms with E-state index in [-0.39, 0.29) is 0 Å². The van der Waals surface area contributed by atoms with Gasteiger partial charge in [-0.05, 0) is 45.4 Å². The fraction of sp³-hybridized carbons (Fsp3) is 0.261. The summed E-state index contributed by atoms with van der Waals surface area (Å²) >= 11 is 7.82. The van der Waals surface area contributed by atoms with Crippen LogP contribution in [0.1, 0.15) is 46.4 Å². The number of hydrogen-bond acceptors (Lipinski definition) is 5. The summed E-state index contributed by atoms with van der Waals surface area (Å²) in [6.07, 6.45) is 4.95. The van der Waals surface area contributed by atoms with Crippen molar-refractivity contribution in [1.29, 1.82) is 0 Å². The van der Waals surface area contributed by atoms with Gasteiger partial charge in [0.1, 0.15) is 6.54 Å². The fourth-order valence-corrected chi connectivity index (χ4v) is 4.84. The molecule has 2 aliphatic rings.